The van der Waals surface area contributed by atoms with Gasteiger partial charge in [0.2, 0.25) is 15.9 Å². The van der Waals surface area contributed by atoms with E-state index in [1.54, 1.807) is 19.1 Å². The number of carbonyl (C=O) groups is 3. The molecule has 0 saturated carbocycles. The van der Waals surface area contributed by atoms with Gasteiger partial charge in [0.05, 0.1) is 17.5 Å². The fourth-order valence-electron chi connectivity index (χ4n) is 3.00. The van der Waals surface area contributed by atoms with Crippen LogP contribution in [0.25, 0.3) is 0 Å². The average molecular weight is 426 g/mol. The summed E-state index contributed by atoms with van der Waals surface area (Å²) in [7, 11) is -3.39. The summed E-state index contributed by atoms with van der Waals surface area (Å²) in [5, 5.41) is 5.13. The number of nitrogens with zero attached hydrogens (tertiary/aromatic N) is 1. The normalized spacial score (nSPS) is 14.5. The molecule has 0 fully saturated rings. The smallest absolute Gasteiger partial charge is 0.338 e. The fraction of sp³-hybridized carbons (Fsp3) is 0.526. The Morgan fingerprint density at radius 2 is 2.00 bits per heavy atom. The van der Waals surface area contributed by atoms with Crippen LogP contribution in [0.3, 0.4) is 0 Å². The van der Waals surface area contributed by atoms with Crippen molar-refractivity contribution in [3.8, 4) is 0 Å². The SMILES string of the molecule is CCCNC(=O)[C@@H](C)NC(=O)COC(=O)c1ccc2c(c1)CCCN2S(C)(=O)=O. The molecule has 1 aromatic rings. The molecule has 1 heterocycles. The van der Waals surface area contributed by atoms with Crippen molar-refractivity contribution < 1.29 is 27.5 Å². The quantitative estimate of drug-likeness (QED) is 0.588. The number of esters is 1. The Labute approximate surface area is 170 Å². The number of rotatable bonds is 8. The lowest BCUT2D eigenvalue weighted by Gasteiger charge is -2.29. The minimum absolute atomic E-state index is 0.237. The van der Waals surface area contributed by atoms with Crippen LogP contribution in [-0.4, -0.2) is 58.2 Å². The number of aryl methyl sites for hydroxylation is 1. The number of nitrogens with one attached hydrogen (secondary N) is 2. The molecule has 2 N–H and O–H groups in total. The van der Waals surface area contributed by atoms with Crippen LogP contribution in [-0.2, 0) is 30.8 Å². The highest BCUT2D eigenvalue weighted by Crippen LogP contribution is 2.30. The first-order chi connectivity index (χ1) is 13.6. The van der Waals surface area contributed by atoms with Gasteiger partial charge in [-0.2, -0.15) is 0 Å². The third-order valence-corrected chi connectivity index (χ3v) is 5.63. The Kier molecular flexibility index (Phi) is 7.60. The van der Waals surface area contributed by atoms with Gasteiger partial charge in [-0.15, -0.1) is 0 Å². The third kappa shape index (κ3) is 6.18. The van der Waals surface area contributed by atoms with E-state index in [0.717, 1.165) is 18.2 Å². The average Bonchev–Trinajstić information content (AvgIpc) is 2.68. The summed E-state index contributed by atoms with van der Waals surface area (Å²) >= 11 is 0. The zero-order valence-corrected chi connectivity index (χ0v) is 17.7. The number of carbonyl (C=O) groups excluding carboxylic acids is 3. The summed E-state index contributed by atoms with van der Waals surface area (Å²) < 4.78 is 30.1. The highest BCUT2D eigenvalue weighted by Gasteiger charge is 2.25. The maximum absolute atomic E-state index is 12.3. The number of hydrogen-bond donors (Lipinski definition) is 2. The van der Waals surface area contributed by atoms with Crippen molar-refractivity contribution in [3.63, 3.8) is 0 Å². The second kappa shape index (κ2) is 9.73. The van der Waals surface area contributed by atoms with Gasteiger partial charge in [-0.1, -0.05) is 6.92 Å². The predicted molar refractivity (Wildman–Crippen MR) is 108 cm³/mol. The third-order valence-electron chi connectivity index (χ3n) is 4.45. The minimum atomic E-state index is -3.39. The fourth-order valence-corrected chi connectivity index (χ4v) is 3.99. The molecule has 0 aromatic heterocycles. The summed E-state index contributed by atoms with van der Waals surface area (Å²) in [6, 6.07) is 3.90. The molecule has 2 rings (SSSR count). The molecular formula is C19H27N3O6S. The minimum Gasteiger partial charge on any atom is -0.452 e. The predicted octanol–water partition coefficient (Wildman–Crippen LogP) is 0.587. The molecule has 0 saturated heterocycles. The molecule has 0 unspecified atom stereocenters. The summed E-state index contributed by atoms with van der Waals surface area (Å²) in [5.41, 5.74) is 1.53. The summed E-state index contributed by atoms with van der Waals surface area (Å²) in [4.78, 5) is 35.9. The molecule has 0 bridgehead atoms. The number of hydrogen-bond acceptors (Lipinski definition) is 6. The lowest BCUT2D eigenvalue weighted by atomic mass is 10.0. The number of fused-ring (bicyclic) bond motifs is 1. The molecule has 2 amide bonds. The second-order valence-electron chi connectivity index (χ2n) is 6.94. The number of benzene rings is 1. The van der Waals surface area contributed by atoms with Gasteiger partial charge in [0.1, 0.15) is 6.04 Å². The van der Waals surface area contributed by atoms with Crippen molar-refractivity contribution in [2.24, 2.45) is 0 Å². The van der Waals surface area contributed by atoms with Gasteiger partial charge < -0.3 is 15.4 Å². The Morgan fingerprint density at radius 3 is 2.66 bits per heavy atom. The number of ether oxygens (including phenoxy) is 1. The van der Waals surface area contributed by atoms with E-state index >= 15 is 0 Å². The lowest BCUT2D eigenvalue weighted by molar-refractivity contribution is -0.130. The molecule has 0 radical (unpaired) electrons. The number of amides is 2. The first-order valence-corrected chi connectivity index (χ1v) is 11.3. The molecule has 160 valence electrons. The molecule has 1 aliphatic rings. The Bertz CT molecular complexity index is 884. The van der Waals surface area contributed by atoms with Crippen molar-refractivity contribution in [3.05, 3.63) is 29.3 Å². The highest BCUT2D eigenvalue weighted by molar-refractivity contribution is 7.92. The van der Waals surface area contributed by atoms with E-state index in [-0.39, 0.29) is 11.5 Å². The van der Waals surface area contributed by atoms with Crippen molar-refractivity contribution in [1.29, 1.82) is 0 Å². The van der Waals surface area contributed by atoms with E-state index in [1.807, 2.05) is 6.92 Å². The molecule has 1 aromatic carbocycles. The van der Waals surface area contributed by atoms with Crippen LogP contribution in [0.15, 0.2) is 18.2 Å². The first-order valence-electron chi connectivity index (χ1n) is 9.48. The van der Waals surface area contributed by atoms with Crippen LogP contribution in [0, 0.1) is 0 Å². The van der Waals surface area contributed by atoms with Crippen molar-refractivity contribution >= 4 is 33.5 Å². The van der Waals surface area contributed by atoms with Crippen molar-refractivity contribution in [2.45, 2.75) is 39.2 Å². The van der Waals surface area contributed by atoms with Crippen molar-refractivity contribution in [2.75, 3.05) is 30.3 Å². The lowest BCUT2D eigenvalue weighted by Crippen LogP contribution is -2.46. The van der Waals surface area contributed by atoms with Gasteiger partial charge >= 0.3 is 5.97 Å². The van der Waals surface area contributed by atoms with Crippen molar-refractivity contribution in [1.82, 2.24) is 10.6 Å². The standard InChI is InChI=1S/C19H27N3O6S/c1-4-9-20-18(24)13(2)21-17(23)12-28-19(25)15-7-8-16-14(11-15)6-5-10-22(16)29(3,26)27/h7-8,11,13H,4-6,9-10,12H2,1-3H3,(H,20,24)(H,21,23)/t13-/m1/s1. The molecule has 0 spiro atoms. The van der Waals surface area contributed by atoms with Gasteiger partial charge in [0.25, 0.3) is 5.91 Å². The highest BCUT2D eigenvalue weighted by atomic mass is 32.2. The van der Waals surface area contributed by atoms with Crippen LogP contribution >= 0.6 is 0 Å². The van der Waals surface area contributed by atoms with E-state index in [1.165, 1.54) is 10.4 Å². The van der Waals surface area contributed by atoms with Crippen LogP contribution in [0.5, 0.6) is 0 Å². The zero-order chi connectivity index (χ0) is 21.6. The number of anilines is 1. The first kappa shape index (κ1) is 22.7. The van der Waals surface area contributed by atoms with Crippen LogP contribution in [0.4, 0.5) is 5.69 Å². The van der Waals surface area contributed by atoms with Crippen LogP contribution in [0.2, 0.25) is 0 Å². The topological polar surface area (TPSA) is 122 Å². The Balaban J connectivity index is 1.95. The maximum atomic E-state index is 12.3. The maximum Gasteiger partial charge on any atom is 0.338 e. The van der Waals surface area contributed by atoms with E-state index in [2.05, 4.69) is 10.6 Å². The molecule has 0 aliphatic carbocycles. The van der Waals surface area contributed by atoms with Gasteiger partial charge in [0, 0.05) is 13.1 Å². The van der Waals surface area contributed by atoms with Crippen LogP contribution in [0.1, 0.15) is 42.6 Å². The summed E-state index contributed by atoms with van der Waals surface area (Å²) in [6.45, 7) is 3.86. The Morgan fingerprint density at radius 1 is 1.28 bits per heavy atom. The molecular weight excluding hydrogens is 398 g/mol. The molecule has 29 heavy (non-hydrogen) atoms. The summed E-state index contributed by atoms with van der Waals surface area (Å²) in [6.07, 6.45) is 3.23. The van der Waals surface area contributed by atoms with Gasteiger partial charge in [-0.25, -0.2) is 13.2 Å². The van der Waals surface area contributed by atoms with E-state index < -0.39 is 34.5 Å². The Hall–Kier alpha value is -2.62. The molecule has 9 nitrogen and oxygen atoms in total. The molecule has 10 heteroatoms. The zero-order valence-electron chi connectivity index (χ0n) is 16.9. The summed E-state index contributed by atoms with van der Waals surface area (Å²) in [5.74, 6) is -1.59. The monoisotopic (exact) mass is 425 g/mol. The molecule has 1 aliphatic heterocycles. The van der Waals surface area contributed by atoms with Gasteiger partial charge in [-0.3, -0.25) is 13.9 Å². The second-order valence-corrected chi connectivity index (χ2v) is 8.85. The van der Waals surface area contributed by atoms with E-state index in [0.29, 0.717) is 31.6 Å². The largest absolute Gasteiger partial charge is 0.452 e. The number of sulfonamides is 1. The molecule has 1 atom stereocenters. The van der Waals surface area contributed by atoms with E-state index in [9.17, 15) is 22.8 Å². The van der Waals surface area contributed by atoms with Gasteiger partial charge in [-0.05, 0) is 49.9 Å². The van der Waals surface area contributed by atoms with Gasteiger partial charge in [0.15, 0.2) is 6.61 Å². The van der Waals surface area contributed by atoms with E-state index in [4.69, 9.17) is 4.74 Å². The van der Waals surface area contributed by atoms with Crippen LogP contribution < -0.4 is 14.9 Å².